The molecule has 0 aliphatic rings. The van der Waals surface area contributed by atoms with Crippen molar-refractivity contribution in [2.45, 2.75) is 264 Å². The zero-order valence-electron chi connectivity index (χ0n) is 69.8. The maximum atomic E-state index is 2.60. The third-order valence-electron chi connectivity index (χ3n) is 23.3. The summed E-state index contributed by atoms with van der Waals surface area (Å²) in [5.41, 5.74) is 24.3. The largest absolute Gasteiger partial charge is 0.366 e. The Balaban J connectivity index is 0.000000284. The second kappa shape index (κ2) is 40.2. The summed E-state index contributed by atoms with van der Waals surface area (Å²) >= 11 is 0. The van der Waals surface area contributed by atoms with Gasteiger partial charge in [0.1, 0.15) is 0 Å². The van der Waals surface area contributed by atoms with Gasteiger partial charge < -0.3 is 39.2 Å². The van der Waals surface area contributed by atoms with Gasteiger partial charge in [0.15, 0.2) is 0 Å². The van der Waals surface area contributed by atoms with Crippen LogP contribution in [0.1, 0.15) is 212 Å². The Morgan fingerprint density at radius 2 is 0.241 bits per heavy atom. The average molecular weight is 1450 g/mol. The van der Waals surface area contributed by atoms with Crippen LogP contribution >= 0.6 is 0 Å². The SMILES string of the molecule is CCC(C)N(c1ccc(N(c2ccc(N(c3ccc(N(C(C)CC)C(C)CC)cc3)c3ccc(N(C(C)CC)C(C)CC)cc3)cc2)c2ccc(N(C(C)CC)C(C)CC)cc2)cc1)C(C)CC.CCc1ccc(N(c2ccc(CC)cc2)c2ccc(N(c3ccc(CC)cc3)c3ccc(CC)cc3)cc2)cc1. The lowest BCUT2D eigenvalue weighted by Crippen LogP contribution is -2.39. The quantitative estimate of drug-likeness (QED) is 0.0383. The summed E-state index contributed by atoms with van der Waals surface area (Å²) in [6, 6.07) is 94.8. The Morgan fingerprint density at radius 1 is 0.148 bits per heavy atom. The number of rotatable bonds is 36. The van der Waals surface area contributed by atoms with E-state index >= 15 is 0 Å². The van der Waals surface area contributed by atoms with Gasteiger partial charge in [0, 0.05) is 139 Å². The van der Waals surface area contributed by atoms with Crippen molar-refractivity contribution in [3.05, 3.63) is 265 Å². The maximum absolute atomic E-state index is 2.60. The van der Waals surface area contributed by atoms with Gasteiger partial charge in [0.05, 0.1) is 0 Å². The summed E-state index contributed by atoms with van der Waals surface area (Å²) in [5, 5.41) is 0. The molecule has 0 saturated heterocycles. The molecule has 8 heteroatoms. The van der Waals surface area contributed by atoms with Crippen molar-refractivity contribution in [3.63, 3.8) is 0 Å². The molecule has 572 valence electrons. The van der Waals surface area contributed by atoms with Crippen molar-refractivity contribution < 1.29 is 0 Å². The van der Waals surface area contributed by atoms with Crippen LogP contribution in [-0.4, -0.2) is 48.3 Å². The Bertz CT molecular complexity index is 3670. The Morgan fingerprint density at radius 3 is 0.333 bits per heavy atom. The zero-order valence-corrected chi connectivity index (χ0v) is 69.8. The van der Waals surface area contributed by atoms with Gasteiger partial charge in [0.2, 0.25) is 0 Å². The molecule has 0 amide bonds. The van der Waals surface area contributed by atoms with Gasteiger partial charge in [0.25, 0.3) is 0 Å². The first kappa shape index (κ1) is 82.7. The maximum Gasteiger partial charge on any atom is 0.0463 e. The Hall–Kier alpha value is -9.40. The Labute approximate surface area is 655 Å². The van der Waals surface area contributed by atoms with Gasteiger partial charge in [-0.1, -0.05) is 132 Å². The fraction of sp³-hybridized carbons (Fsp3) is 0.400. The average Bonchev–Trinajstić information content (AvgIpc) is 0.790. The van der Waals surface area contributed by atoms with E-state index in [2.05, 4.69) is 420 Å². The molecule has 0 aliphatic heterocycles. The van der Waals surface area contributed by atoms with E-state index in [0.29, 0.717) is 48.3 Å². The van der Waals surface area contributed by atoms with E-state index in [9.17, 15) is 0 Å². The molecule has 108 heavy (non-hydrogen) atoms. The van der Waals surface area contributed by atoms with E-state index < -0.39 is 0 Å². The molecular formula is C100H132N8. The van der Waals surface area contributed by atoms with Crippen molar-refractivity contribution in [1.82, 2.24) is 0 Å². The minimum absolute atomic E-state index is 0.457. The number of anilines is 16. The van der Waals surface area contributed by atoms with E-state index in [1.165, 1.54) is 45.0 Å². The van der Waals surface area contributed by atoms with Crippen molar-refractivity contribution in [3.8, 4) is 0 Å². The lowest BCUT2D eigenvalue weighted by molar-refractivity contribution is 0.527. The van der Waals surface area contributed by atoms with E-state index in [1.54, 1.807) is 0 Å². The number of benzene rings is 10. The fourth-order valence-electron chi connectivity index (χ4n) is 15.3. The molecule has 8 atom stereocenters. The Kier molecular flexibility index (Phi) is 30.7. The predicted molar refractivity (Wildman–Crippen MR) is 477 cm³/mol. The highest BCUT2D eigenvalue weighted by Crippen LogP contribution is 2.44. The summed E-state index contributed by atoms with van der Waals surface area (Å²) in [4.78, 5) is 19.9. The van der Waals surface area contributed by atoms with Crippen molar-refractivity contribution in [2.24, 2.45) is 0 Å². The van der Waals surface area contributed by atoms with Crippen molar-refractivity contribution in [1.29, 1.82) is 0 Å². The standard InChI is InChI=1S/C62H92N6.C38H40N2/c1-17-45(9)63(46(10)18-2)53-25-33-57(34-26-53)67(58-35-27-54(28-36-58)64(47(11)19-3)48(12)20-4)61-41-43-62(44-42-61)68(59-37-29-55(30-38-59)65(49(13)21-5)50(14)22-6)60-39-31-56(32-40-60)66(51(15)23-7)52(16)24-8;1-5-29-9-17-33(18-10-29)39(34-19-11-30(6-2)12-20-34)37-25-27-38(28-26-37)40(35-21-13-31(7-3)14-22-35)36-23-15-32(8-4)16-24-36/h25-52H,17-24H2,1-16H3;9-28H,5-8H2,1-4H3. The zero-order chi connectivity index (χ0) is 77.6. The molecular weight excluding hydrogens is 1310 g/mol. The van der Waals surface area contributed by atoms with Crippen LogP contribution < -0.4 is 39.2 Å². The third kappa shape index (κ3) is 19.9. The monoisotopic (exact) mass is 1450 g/mol. The normalized spacial score (nSPS) is 13.5. The molecule has 10 rings (SSSR count). The van der Waals surface area contributed by atoms with Crippen molar-refractivity contribution >= 4 is 91.0 Å². The molecule has 0 bridgehead atoms. The van der Waals surface area contributed by atoms with Gasteiger partial charge in [-0.3, -0.25) is 0 Å². The predicted octanol–water partition coefficient (Wildman–Crippen LogP) is 29.1. The number of aryl methyl sites for hydroxylation is 4. The minimum atomic E-state index is 0.457. The van der Waals surface area contributed by atoms with Crippen LogP contribution in [0.5, 0.6) is 0 Å². The summed E-state index contributed by atoms with van der Waals surface area (Å²) in [6.45, 7) is 46.0. The second-order valence-corrected chi connectivity index (χ2v) is 30.2. The molecule has 0 saturated carbocycles. The number of hydrogen-bond acceptors (Lipinski definition) is 8. The highest BCUT2D eigenvalue weighted by Gasteiger charge is 2.26. The van der Waals surface area contributed by atoms with E-state index in [1.807, 2.05) is 0 Å². The van der Waals surface area contributed by atoms with Crippen LogP contribution in [0.2, 0.25) is 0 Å². The summed E-state index contributed by atoms with van der Waals surface area (Å²) < 4.78 is 0. The topological polar surface area (TPSA) is 25.9 Å². The number of hydrogen-bond donors (Lipinski definition) is 0. The fourth-order valence-corrected chi connectivity index (χ4v) is 15.3. The molecule has 0 fully saturated rings. The lowest BCUT2D eigenvalue weighted by atomic mass is 10.1. The van der Waals surface area contributed by atoms with Gasteiger partial charge in [-0.25, -0.2) is 0 Å². The van der Waals surface area contributed by atoms with Crippen molar-refractivity contribution in [2.75, 3.05) is 39.2 Å². The van der Waals surface area contributed by atoms with Crippen LogP contribution in [0.4, 0.5) is 91.0 Å². The third-order valence-corrected chi connectivity index (χ3v) is 23.3. The van der Waals surface area contributed by atoms with Gasteiger partial charge in [-0.05, 0) is 349 Å². The van der Waals surface area contributed by atoms with Crippen LogP contribution in [-0.2, 0) is 25.7 Å². The molecule has 0 aliphatic carbocycles. The van der Waals surface area contributed by atoms with Crippen LogP contribution in [0.15, 0.2) is 243 Å². The second-order valence-electron chi connectivity index (χ2n) is 30.2. The summed E-state index contributed by atoms with van der Waals surface area (Å²) in [6.07, 6.45) is 13.0. The molecule has 0 spiro atoms. The molecule has 10 aromatic rings. The van der Waals surface area contributed by atoms with E-state index in [4.69, 9.17) is 0 Å². The van der Waals surface area contributed by atoms with E-state index in [0.717, 1.165) is 145 Å². The van der Waals surface area contributed by atoms with Crippen LogP contribution in [0.25, 0.3) is 0 Å². The molecule has 0 heterocycles. The highest BCUT2D eigenvalue weighted by molar-refractivity contribution is 5.85. The molecule has 10 aromatic carbocycles. The van der Waals surface area contributed by atoms with Gasteiger partial charge in [-0.2, -0.15) is 0 Å². The molecule has 0 aromatic heterocycles. The summed E-state index contributed by atoms with van der Waals surface area (Å²) in [5.74, 6) is 0. The van der Waals surface area contributed by atoms with Crippen LogP contribution in [0, 0.1) is 0 Å². The molecule has 0 radical (unpaired) electrons. The summed E-state index contributed by atoms with van der Waals surface area (Å²) in [7, 11) is 0. The minimum Gasteiger partial charge on any atom is -0.366 e. The highest BCUT2D eigenvalue weighted by atomic mass is 15.2. The molecule has 8 nitrogen and oxygen atoms in total. The molecule has 0 N–H and O–H groups in total. The van der Waals surface area contributed by atoms with E-state index in [-0.39, 0.29) is 0 Å². The first-order valence-electron chi connectivity index (χ1n) is 41.6. The first-order valence-corrected chi connectivity index (χ1v) is 41.6. The first-order chi connectivity index (χ1) is 52.3. The molecule has 8 unspecified atom stereocenters. The van der Waals surface area contributed by atoms with Gasteiger partial charge in [-0.15, -0.1) is 0 Å². The van der Waals surface area contributed by atoms with Crippen LogP contribution in [0.3, 0.4) is 0 Å². The smallest absolute Gasteiger partial charge is 0.0463 e. The van der Waals surface area contributed by atoms with Gasteiger partial charge >= 0.3 is 0 Å². The number of nitrogens with zero attached hydrogens (tertiary/aromatic N) is 8. The lowest BCUT2D eigenvalue weighted by Gasteiger charge is -2.37.